The lowest BCUT2D eigenvalue weighted by atomic mass is 10.1. The molecule has 0 saturated carbocycles. The highest BCUT2D eigenvalue weighted by Gasteiger charge is 2.04. The van der Waals surface area contributed by atoms with Crippen molar-refractivity contribution >= 4 is 5.91 Å². The molecule has 5 nitrogen and oxygen atoms in total. The molecule has 21 heavy (non-hydrogen) atoms. The Labute approximate surface area is 123 Å². The number of amides is 1. The van der Waals surface area contributed by atoms with Crippen LogP contribution in [0.4, 0.5) is 0 Å². The molecule has 0 aliphatic rings. The molecule has 0 spiro atoms. The van der Waals surface area contributed by atoms with E-state index in [0.29, 0.717) is 12.1 Å². The second kappa shape index (κ2) is 7.88. The van der Waals surface area contributed by atoms with Crippen molar-refractivity contribution in [2.45, 2.75) is 13.0 Å². The second-order valence-corrected chi connectivity index (χ2v) is 4.45. The van der Waals surface area contributed by atoms with E-state index in [-0.39, 0.29) is 12.5 Å². The third kappa shape index (κ3) is 4.79. The molecule has 108 valence electrons. The minimum absolute atomic E-state index is 0.117. The summed E-state index contributed by atoms with van der Waals surface area (Å²) in [6.45, 7) is 1.23. The van der Waals surface area contributed by atoms with Crippen LogP contribution in [0.1, 0.15) is 22.3 Å². The Morgan fingerprint density at radius 2 is 2.33 bits per heavy atom. The zero-order valence-corrected chi connectivity index (χ0v) is 11.6. The monoisotopic (exact) mass is 283 g/mol. The van der Waals surface area contributed by atoms with E-state index in [2.05, 4.69) is 22.1 Å². The number of aryl methyl sites for hydroxylation is 1. The highest BCUT2D eigenvalue weighted by molar-refractivity contribution is 5.94. The zero-order valence-electron chi connectivity index (χ0n) is 11.6. The maximum absolute atomic E-state index is 12.0. The number of benzene rings is 1. The number of nitrogens with one attached hydrogen (secondary N) is 1. The van der Waals surface area contributed by atoms with Crippen LogP contribution in [0.3, 0.4) is 0 Å². The van der Waals surface area contributed by atoms with Gasteiger partial charge < -0.3 is 15.0 Å². The lowest BCUT2D eigenvalue weighted by Crippen LogP contribution is -2.25. The average molecular weight is 283 g/mol. The molecule has 0 atom stereocenters. The molecule has 1 heterocycles. The fourth-order valence-corrected chi connectivity index (χ4v) is 1.86. The SMILES string of the molecule is O=C(NCCCn1ccnc1)c1cccc(C#CCO)c1. The van der Waals surface area contributed by atoms with Crippen LogP contribution in [-0.2, 0) is 6.54 Å². The number of nitrogens with zero attached hydrogens (tertiary/aromatic N) is 2. The van der Waals surface area contributed by atoms with Crippen molar-refractivity contribution in [1.29, 1.82) is 0 Å². The van der Waals surface area contributed by atoms with Crippen molar-refractivity contribution in [3.63, 3.8) is 0 Å². The van der Waals surface area contributed by atoms with Crippen LogP contribution in [-0.4, -0.2) is 33.7 Å². The molecule has 0 aliphatic heterocycles. The number of carbonyl (C=O) groups is 1. The highest BCUT2D eigenvalue weighted by atomic mass is 16.2. The van der Waals surface area contributed by atoms with Gasteiger partial charge in [-0.15, -0.1) is 0 Å². The molecule has 5 heteroatoms. The number of carbonyl (C=O) groups excluding carboxylic acids is 1. The minimum atomic E-state index is -0.190. The topological polar surface area (TPSA) is 67.2 Å². The van der Waals surface area contributed by atoms with Crippen LogP contribution >= 0.6 is 0 Å². The Balaban J connectivity index is 1.82. The van der Waals surface area contributed by atoms with Gasteiger partial charge in [0, 0.05) is 36.6 Å². The molecule has 2 N–H and O–H groups in total. The van der Waals surface area contributed by atoms with E-state index >= 15 is 0 Å². The van der Waals surface area contributed by atoms with E-state index in [4.69, 9.17) is 5.11 Å². The molecule has 1 amide bonds. The van der Waals surface area contributed by atoms with Crippen LogP contribution in [0.25, 0.3) is 0 Å². The van der Waals surface area contributed by atoms with Crippen molar-refractivity contribution in [3.05, 3.63) is 54.1 Å². The molecular formula is C16H17N3O2. The second-order valence-electron chi connectivity index (χ2n) is 4.45. The third-order valence-corrected chi connectivity index (χ3v) is 2.87. The van der Waals surface area contributed by atoms with Gasteiger partial charge >= 0.3 is 0 Å². The van der Waals surface area contributed by atoms with Gasteiger partial charge in [0.05, 0.1) is 6.33 Å². The Morgan fingerprint density at radius 1 is 1.43 bits per heavy atom. The lowest BCUT2D eigenvalue weighted by Gasteiger charge is -2.06. The van der Waals surface area contributed by atoms with Crippen molar-refractivity contribution < 1.29 is 9.90 Å². The summed E-state index contributed by atoms with van der Waals surface area (Å²) in [5.41, 5.74) is 1.29. The van der Waals surface area contributed by atoms with Crippen LogP contribution in [0, 0.1) is 11.8 Å². The maximum Gasteiger partial charge on any atom is 0.251 e. The van der Waals surface area contributed by atoms with E-state index in [0.717, 1.165) is 18.5 Å². The molecule has 0 bridgehead atoms. The van der Waals surface area contributed by atoms with Gasteiger partial charge in [-0.2, -0.15) is 0 Å². The predicted octanol–water partition coefficient (Wildman–Crippen LogP) is 1.05. The van der Waals surface area contributed by atoms with Gasteiger partial charge in [-0.25, -0.2) is 4.98 Å². The van der Waals surface area contributed by atoms with Crippen LogP contribution in [0.5, 0.6) is 0 Å². The molecular weight excluding hydrogens is 266 g/mol. The molecule has 0 saturated heterocycles. The molecule has 0 radical (unpaired) electrons. The standard InChI is InChI=1S/C16H17N3O2/c20-11-2-5-14-4-1-6-15(12-14)16(21)18-7-3-9-19-10-8-17-13-19/h1,4,6,8,10,12-13,20H,3,7,9,11H2,(H,18,21). The van der Waals surface area contributed by atoms with Crippen molar-refractivity contribution in [3.8, 4) is 11.8 Å². The summed E-state index contributed by atoms with van der Waals surface area (Å²) in [6.07, 6.45) is 6.22. The molecule has 0 unspecified atom stereocenters. The highest BCUT2D eigenvalue weighted by Crippen LogP contribution is 2.04. The number of imidazole rings is 1. The first-order valence-corrected chi connectivity index (χ1v) is 6.73. The predicted molar refractivity (Wildman–Crippen MR) is 79.6 cm³/mol. The summed E-state index contributed by atoms with van der Waals surface area (Å²) in [7, 11) is 0. The van der Waals surface area contributed by atoms with Crippen molar-refractivity contribution in [2.75, 3.05) is 13.2 Å². The summed E-state index contributed by atoms with van der Waals surface area (Å²) in [5.74, 6) is 5.23. The van der Waals surface area contributed by atoms with Gasteiger partial charge in [0.25, 0.3) is 5.91 Å². The van der Waals surface area contributed by atoms with E-state index in [9.17, 15) is 4.79 Å². The molecule has 2 rings (SSSR count). The zero-order chi connectivity index (χ0) is 14.9. The van der Waals surface area contributed by atoms with E-state index in [1.54, 1.807) is 36.8 Å². The van der Waals surface area contributed by atoms with E-state index in [1.807, 2.05) is 10.8 Å². The molecule has 0 fully saturated rings. The van der Waals surface area contributed by atoms with Crippen LogP contribution in [0.2, 0.25) is 0 Å². The Kier molecular flexibility index (Phi) is 5.56. The van der Waals surface area contributed by atoms with Crippen molar-refractivity contribution in [1.82, 2.24) is 14.9 Å². The molecule has 0 aliphatic carbocycles. The lowest BCUT2D eigenvalue weighted by molar-refractivity contribution is 0.0952. The van der Waals surface area contributed by atoms with E-state index < -0.39 is 0 Å². The molecule has 2 aromatic rings. The molecule has 1 aromatic carbocycles. The summed E-state index contributed by atoms with van der Waals surface area (Å²) in [6, 6.07) is 7.05. The first-order chi connectivity index (χ1) is 10.3. The van der Waals surface area contributed by atoms with Crippen LogP contribution in [0.15, 0.2) is 43.0 Å². The van der Waals surface area contributed by atoms with Gasteiger partial charge in [-0.05, 0) is 24.6 Å². The quantitative estimate of drug-likeness (QED) is 0.636. The van der Waals surface area contributed by atoms with Gasteiger partial charge in [0.1, 0.15) is 6.61 Å². The summed E-state index contributed by atoms with van der Waals surface area (Å²) >= 11 is 0. The summed E-state index contributed by atoms with van der Waals surface area (Å²) in [4.78, 5) is 16.0. The third-order valence-electron chi connectivity index (χ3n) is 2.87. The Bertz CT molecular complexity index is 639. The van der Waals surface area contributed by atoms with Crippen molar-refractivity contribution in [2.24, 2.45) is 0 Å². The number of aliphatic hydroxyl groups is 1. The largest absolute Gasteiger partial charge is 0.384 e. The maximum atomic E-state index is 12.0. The average Bonchev–Trinajstić information content (AvgIpc) is 3.03. The summed E-state index contributed by atoms with van der Waals surface area (Å²) < 4.78 is 1.97. The number of hydrogen-bond donors (Lipinski definition) is 2. The fourth-order valence-electron chi connectivity index (χ4n) is 1.86. The first kappa shape index (κ1) is 14.8. The van der Waals surface area contributed by atoms with Gasteiger partial charge in [0.15, 0.2) is 0 Å². The van der Waals surface area contributed by atoms with Gasteiger partial charge in [-0.3, -0.25) is 4.79 Å². The van der Waals surface area contributed by atoms with Gasteiger partial charge in [-0.1, -0.05) is 17.9 Å². The Morgan fingerprint density at radius 3 is 3.10 bits per heavy atom. The first-order valence-electron chi connectivity index (χ1n) is 6.73. The smallest absolute Gasteiger partial charge is 0.251 e. The Hall–Kier alpha value is -2.58. The summed E-state index contributed by atoms with van der Waals surface area (Å²) in [5, 5.41) is 11.5. The number of aromatic nitrogens is 2. The number of hydrogen-bond acceptors (Lipinski definition) is 3. The fraction of sp³-hybridized carbons (Fsp3) is 0.250. The van der Waals surface area contributed by atoms with Crippen LogP contribution < -0.4 is 5.32 Å². The number of aliphatic hydroxyl groups excluding tert-OH is 1. The minimum Gasteiger partial charge on any atom is -0.384 e. The van der Waals surface area contributed by atoms with E-state index in [1.165, 1.54) is 0 Å². The number of rotatable bonds is 5. The van der Waals surface area contributed by atoms with Gasteiger partial charge in [0.2, 0.25) is 0 Å². The normalized spacial score (nSPS) is 9.76. The molecule has 1 aromatic heterocycles.